The van der Waals surface area contributed by atoms with E-state index in [1.807, 2.05) is 0 Å². The first-order valence-corrected chi connectivity index (χ1v) is 17.3. The van der Waals surface area contributed by atoms with Crippen molar-refractivity contribution >= 4 is 41.3 Å². The molecule has 5 heterocycles. The van der Waals surface area contributed by atoms with Crippen molar-refractivity contribution in [3.05, 3.63) is 45.8 Å². The summed E-state index contributed by atoms with van der Waals surface area (Å²) in [4.78, 5) is 50.5. The summed E-state index contributed by atoms with van der Waals surface area (Å²) in [5, 5.41) is 20.9. The highest BCUT2D eigenvalue weighted by atomic mass is 32.7. The van der Waals surface area contributed by atoms with Gasteiger partial charge in [0.2, 0.25) is 0 Å². The van der Waals surface area contributed by atoms with Crippen LogP contribution in [0.4, 0.5) is 10.6 Å². The maximum Gasteiger partial charge on any atom is 0.509 e. The molecule has 8 atom stereocenters. The number of rotatable bonds is 13. The quantitative estimate of drug-likeness (QED) is 0.106. The average Bonchev–Trinajstić information content (AvgIpc) is 3.71. The van der Waals surface area contributed by atoms with Gasteiger partial charge in [0.05, 0.1) is 31.7 Å². The predicted octanol–water partition coefficient (Wildman–Crippen LogP) is 0.274. The molecular weight excluding hydrogens is 669 g/mol. The molecule has 2 saturated heterocycles. The fraction of sp³-hybridized carbons (Fsp3) is 0.600. The van der Waals surface area contributed by atoms with Crippen LogP contribution in [0.15, 0.2) is 34.5 Å². The van der Waals surface area contributed by atoms with Crippen molar-refractivity contribution in [2.24, 2.45) is 0 Å². The summed E-state index contributed by atoms with van der Waals surface area (Å²) < 4.78 is 55.8. The lowest BCUT2D eigenvalue weighted by atomic mass is 10.1. The lowest BCUT2D eigenvalue weighted by Gasteiger charge is -2.28. The number of aromatic amines is 1. The zero-order valence-electron chi connectivity index (χ0n) is 25.3. The van der Waals surface area contributed by atoms with E-state index in [0.717, 1.165) is 10.6 Å². The highest BCUT2D eigenvalue weighted by Gasteiger charge is 2.51. The lowest BCUT2D eigenvalue weighted by molar-refractivity contribution is -0.0625. The van der Waals surface area contributed by atoms with Gasteiger partial charge < -0.3 is 39.6 Å². The van der Waals surface area contributed by atoms with E-state index in [2.05, 4.69) is 19.9 Å². The largest absolute Gasteiger partial charge is 0.509 e. The number of anilines is 1. The van der Waals surface area contributed by atoms with E-state index >= 15 is 0 Å². The number of H-pyrrole nitrogens is 1. The third-order valence-corrected chi connectivity index (χ3v) is 10.5. The predicted molar refractivity (Wildman–Crippen MR) is 161 cm³/mol. The molecule has 0 spiro atoms. The van der Waals surface area contributed by atoms with Crippen LogP contribution < -0.4 is 17.0 Å². The monoisotopic (exact) mass is 703 g/mol. The number of methoxy groups -OCH3 is 1. The van der Waals surface area contributed by atoms with E-state index in [9.17, 15) is 29.2 Å². The van der Waals surface area contributed by atoms with E-state index in [4.69, 9.17) is 38.5 Å². The fourth-order valence-corrected chi connectivity index (χ4v) is 7.77. The molecule has 3 aromatic rings. The minimum Gasteiger partial charge on any atom is -0.432 e. The average molecular weight is 704 g/mol. The molecule has 5 rings (SSSR count). The number of hydrogen-bond donors (Lipinski definition) is 4. The van der Waals surface area contributed by atoms with Gasteiger partial charge in [0.1, 0.15) is 42.5 Å². The first-order valence-electron chi connectivity index (χ1n) is 14.2. The number of aromatic nitrogens is 6. The third-order valence-electron chi connectivity index (χ3n) is 7.13. The van der Waals surface area contributed by atoms with Crippen LogP contribution in [0.25, 0.3) is 11.2 Å². The van der Waals surface area contributed by atoms with Gasteiger partial charge in [-0.2, -0.15) is 0 Å². The van der Waals surface area contributed by atoms with Crippen LogP contribution >= 0.6 is 18.2 Å². The number of ether oxygens (including phenoxy) is 5. The molecule has 2 aliphatic heterocycles. The van der Waals surface area contributed by atoms with Gasteiger partial charge in [-0.15, -0.1) is 0 Å². The Balaban J connectivity index is 1.34. The van der Waals surface area contributed by atoms with Crippen LogP contribution in [-0.4, -0.2) is 108 Å². The second-order valence-electron chi connectivity index (χ2n) is 10.6. The number of nitrogens with one attached hydrogen (secondary N) is 1. The van der Waals surface area contributed by atoms with Gasteiger partial charge >= 0.3 is 18.6 Å². The van der Waals surface area contributed by atoms with Crippen molar-refractivity contribution in [1.29, 1.82) is 0 Å². The van der Waals surface area contributed by atoms with Gasteiger partial charge in [-0.3, -0.25) is 28.0 Å². The number of hydrogen-bond acceptors (Lipinski definition) is 18. The molecule has 0 radical (unpaired) electrons. The highest BCUT2D eigenvalue weighted by Crippen LogP contribution is 2.63. The van der Waals surface area contributed by atoms with E-state index in [0.29, 0.717) is 22.5 Å². The SMILES string of the molecule is CO[C@H]1C(O[P@](=O)(OC[C@H]2OC(n3cnc4c(N)ncnc43)CC2O)SCOC(=O)OC(C)C)[C@@H](CO)OC1n1ccc(=O)[nH]c1=O. The van der Waals surface area contributed by atoms with Gasteiger partial charge in [0, 0.05) is 37.2 Å². The van der Waals surface area contributed by atoms with Crippen molar-refractivity contribution in [2.45, 2.75) is 69.3 Å². The zero-order chi connectivity index (χ0) is 33.9. The molecule has 0 aliphatic carbocycles. The Kier molecular flexibility index (Phi) is 11.0. The summed E-state index contributed by atoms with van der Waals surface area (Å²) in [5.41, 5.74) is 5.13. The van der Waals surface area contributed by atoms with Crippen molar-refractivity contribution < 1.29 is 52.3 Å². The number of aliphatic hydroxyl groups is 2. The standard InChI is InChI=1S/C25H34N7O13PS/c1-12(2)42-25(37)40-11-47-46(38,45-19-14(7-33)44-23(20(19)39-3)31-5-4-16(35)30-24(31)36)41-8-15-13(34)6-17(43-15)32-10-29-18-21(26)27-9-28-22(18)32/h4-5,9-10,12-15,17,19-20,23,33-34H,6-8,11H2,1-3H3,(H2,26,27,28)(H,30,35,36)/t13?,14-,15-,17?,19?,20+,23?,46+/m1/s1. The van der Waals surface area contributed by atoms with E-state index in [-0.39, 0.29) is 12.2 Å². The smallest absolute Gasteiger partial charge is 0.432 e. The Labute approximate surface area is 269 Å². The Morgan fingerprint density at radius 1 is 1.21 bits per heavy atom. The summed E-state index contributed by atoms with van der Waals surface area (Å²) in [6, 6.07) is 1.09. The molecule has 0 bridgehead atoms. The minimum atomic E-state index is -4.38. The molecule has 22 heteroatoms. The van der Waals surface area contributed by atoms with Crippen LogP contribution in [0.5, 0.6) is 0 Å². The van der Waals surface area contributed by atoms with Crippen LogP contribution in [0.3, 0.4) is 0 Å². The van der Waals surface area contributed by atoms with Gasteiger partial charge in [0.25, 0.3) is 5.56 Å². The van der Waals surface area contributed by atoms with Crippen molar-refractivity contribution in [3.63, 3.8) is 0 Å². The molecule has 2 fully saturated rings. The van der Waals surface area contributed by atoms with Crippen LogP contribution in [0.1, 0.15) is 32.7 Å². The number of imidazole rings is 1. The van der Waals surface area contributed by atoms with Crippen molar-refractivity contribution in [1.82, 2.24) is 29.1 Å². The summed E-state index contributed by atoms with van der Waals surface area (Å²) in [7, 11) is 1.28. The number of nitrogen functional groups attached to an aromatic ring is 1. The molecule has 0 amide bonds. The summed E-state index contributed by atoms with van der Waals surface area (Å²) in [6.07, 6.45) is -5.23. The van der Waals surface area contributed by atoms with Gasteiger partial charge in [-0.1, -0.05) is 0 Å². The number of carbonyl (C=O) groups excluding carboxylic acids is 1. The third kappa shape index (κ3) is 7.85. The van der Waals surface area contributed by atoms with Crippen LogP contribution in [0, 0.1) is 0 Å². The zero-order valence-corrected chi connectivity index (χ0v) is 27.0. The number of nitrogens with zero attached hydrogens (tertiary/aromatic N) is 5. The fourth-order valence-electron chi connectivity index (χ4n) is 4.98. The Morgan fingerprint density at radius 2 is 2.00 bits per heavy atom. The normalized spacial score (nSPS) is 27.3. The summed E-state index contributed by atoms with van der Waals surface area (Å²) in [5.74, 6) is -0.375. The van der Waals surface area contributed by atoms with Crippen LogP contribution in [0.2, 0.25) is 0 Å². The Morgan fingerprint density at radius 3 is 2.70 bits per heavy atom. The Hall–Kier alpha value is -3.40. The van der Waals surface area contributed by atoms with E-state index in [1.165, 1.54) is 26.0 Å². The minimum absolute atomic E-state index is 0.0935. The molecule has 4 unspecified atom stereocenters. The number of fused-ring (bicyclic) bond motifs is 1. The summed E-state index contributed by atoms with van der Waals surface area (Å²) in [6.45, 7) is -2.26. The van der Waals surface area contributed by atoms with Crippen molar-refractivity contribution in [2.75, 3.05) is 32.0 Å². The van der Waals surface area contributed by atoms with E-state index in [1.54, 1.807) is 18.4 Å². The maximum absolute atomic E-state index is 14.2. The number of aliphatic hydroxyl groups excluding tert-OH is 2. The van der Waals surface area contributed by atoms with Gasteiger partial charge in [0.15, 0.2) is 23.6 Å². The molecule has 5 N–H and O–H groups in total. The maximum atomic E-state index is 14.2. The first kappa shape index (κ1) is 34.9. The molecule has 0 saturated carbocycles. The van der Waals surface area contributed by atoms with Gasteiger partial charge in [-0.05, 0) is 13.8 Å². The molecule has 0 aromatic carbocycles. The molecule has 47 heavy (non-hydrogen) atoms. The van der Waals surface area contributed by atoms with Crippen LogP contribution in [-0.2, 0) is 37.3 Å². The molecule has 20 nitrogen and oxygen atoms in total. The van der Waals surface area contributed by atoms with E-state index < -0.39 is 92.4 Å². The molecular formula is C25H34N7O13PS. The molecule has 3 aromatic heterocycles. The Bertz CT molecular complexity index is 1720. The summed E-state index contributed by atoms with van der Waals surface area (Å²) >= 11 is 0.476. The lowest BCUT2D eigenvalue weighted by Crippen LogP contribution is -2.39. The van der Waals surface area contributed by atoms with Gasteiger partial charge in [-0.25, -0.2) is 29.1 Å². The first-order chi connectivity index (χ1) is 22.4. The second kappa shape index (κ2) is 14.8. The second-order valence-corrected chi connectivity index (χ2v) is 14.6. The topological polar surface area (TPSA) is 264 Å². The number of nitrogens with two attached hydrogens (primary N) is 1. The number of carbonyl (C=O) groups is 1. The molecule has 2 aliphatic rings. The molecule has 258 valence electrons. The highest BCUT2D eigenvalue weighted by molar-refractivity contribution is 8.55. The van der Waals surface area contributed by atoms with Crippen molar-refractivity contribution in [3.8, 4) is 0 Å².